The Hall–Kier alpha value is -10.7. The predicted octanol–water partition coefficient (Wildman–Crippen LogP) is 10.2. The summed E-state index contributed by atoms with van der Waals surface area (Å²) in [6, 6.07) is 14.3. The van der Waals surface area contributed by atoms with Crippen molar-refractivity contribution in [1.82, 2.24) is 62.3 Å². The van der Waals surface area contributed by atoms with Crippen LogP contribution in [0.1, 0.15) is 243 Å². The van der Waals surface area contributed by atoms with Crippen LogP contribution in [0.5, 0.6) is 23.3 Å². The molecule has 35 heteroatoms. The van der Waals surface area contributed by atoms with E-state index in [-0.39, 0.29) is 55.0 Å². The number of Topliss-reactive ketones (excluding diaryl/α,β-unsaturated/α-hetero) is 1. The molecule has 680 valence electrons. The molecule has 4 aliphatic carbocycles. The molecule has 9 N–H and O–H groups in total. The van der Waals surface area contributed by atoms with Crippen LogP contribution in [0.15, 0.2) is 72.8 Å². The van der Waals surface area contributed by atoms with Gasteiger partial charge in [0.15, 0.2) is 6.10 Å². The number of urea groups is 2. The first kappa shape index (κ1) is 95.5. The molecule has 7 aliphatic rings. The summed E-state index contributed by atoms with van der Waals surface area (Å²) in [5.74, 6) is -4.65. The topological polar surface area (TPSA) is 444 Å². The van der Waals surface area contributed by atoms with E-state index in [2.05, 4.69) is 54.7 Å². The summed E-state index contributed by atoms with van der Waals surface area (Å²) in [5, 5.41) is 37.0. The minimum absolute atomic E-state index is 0. The number of ketones is 1. The number of carbonyl (C=O) groups excluding carboxylic acids is 13. The van der Waals surface area contributed by atoms with E-state index in [1.165, 1.54) is 28.0 Å². The molecule has 12 rings (SSSR count). The minimum atomic E-state index is -6.03. The van der Waals surface area contributed by atoms with Crippen LogP contribution in [0, 0.1) is 14.4 Å². The van der Waals surface area contributed by atoms with Gasteiger partial charge < -0.3 is 76.4 Å². The number of aliphatic hydroxyl groups is 1. The maximum absolute atomic E-state index is 14.5. The number of ether oxygens (including phenoxy) is 4. The zero-order valence-electron chi connectivity index (χ0n) is 74.4. The smallest absolute Gasteiger partial charge is 0.315 e. The number of rotatable bonds is 29. The Balaban J connectivity index is 0.000000227. The molecule has 0 spiro atoms. The first-order valence-electron chi connectivity index (χ1n) is 42.5. The number of carbonyl (C=O) groups is 13. The molecule has 34 nitrogen and oxygen atoms in total. The van der Waals surface area contributed by atoms with E-state index in [0.717, 1.165) is 105 Å². The fourth-order valence-electron chi connectivity index (χ4n) is 14.7. The summed E-state index contributed by atoms with van der Waals surface area (Å²) in [5.41, 5.74) is -0.689. The van der Waals surface area contributed by atoms with Crippen molar-refractivity contribution in [2.24, 2.45) is 10.8 Å². The monoisotopic (exact) mass is 1840 g/mol. The van der Waals surface area contributed by atoms with Gasteiger partial charge >= 0.3 is 140 Å². The maximum atomic E-state index is 14.5. The van der Waals surface area contributed by atoms with Gasteiger partial charge in [0.2, 0.25) is 41.2 Å². The van der Waals surface area contributed by atoms with Gasteiger partial charge in [0.1, 0.15) is 47.9 Å². The first-order chi connectivity index (χ1) is 58.1. The number of nitrogens with one attached hydrogen (secondary N) is 8. The van der Waals surface area contributed by atoms with Crippen molar-refractivity contribution in [3.8, 4) is 23.3 Å². The number of hydrogen-bond acceptors (Lipinski definition) is 24. The number of halogens is 1. The molecule has 0 bridgehead atoms. The number of amides is 10. The molecule has 5 aromatic rings. The molecule has 5 heterocycles. The molecule has 0 radical (unpaired) electrons. The summed E-state index contributed by atoms with van der Waals surface area (Å²) in [6.07, 6.45) is 6.85. The average Bonchev–Trinajstić information content (AvgIpc) is 1.54. The van der Waals surface area contributed by atoms with Crippen LogP contribution in [-0.4, -0.2) is 207 Å². The van der Waals surface area contributed by atoms with Crippen LogP contribution in [0.25, 0.3) is 21.5 Å². The number of likely N-dealkylation sites (tertiary alicyclic amines) is 2. The zero-order valence-corrected chi connectivity index (χ0v) is 76.6. The molecule has 4 saturated carbocycles. The van der Waals surface area contributed by atoms with Crippen molar-refractivity contribution in [2.75, 3.05) is 27.3 Å². The van der Waals surface area contributed by atoms with Gasteiger partial charge in [0.25, 0.3) is 11.8 Å². The number of methoxy groups -OCH3 is 2. The summed E-state index contributed by atoms with van der Waals surface area (Å²) in [7, 11) is 3.23. The Morgan fingerprint density at radius 3 is 1.35 bits per heavy atom. The third kappa shape index (κ3) is 24.7. The van der Waals surface area contributed by atoms with Gasteiger partial charge in [-0.3, -0.25) is 33.6 Å². The second kappa shape index (κ2) is 38.8. The Bertz CT molecular complexity index is 4840. The molecule has 9 atom stereocenters. The van der Waals surface area contributed by atoms with Crippen LogP contribution in [0.3, 0.4) is 0 Å². The number of aromatic nitrogens is 2. The Labute approximate surface area is 727 Å². The van der Waals surface area contributed by atoms with Gasteiger partial charge in [-0.25, -0.2) is 19.6 Å². The van der Waals surface area contributed by atoms with Crippen molar-refractivity contribution in [1.29, 1.82) is 0 Å². The zero-order chi connectivity index (χ0) is 91.1. The van der Waals surface area contributed by atoms with Gasteiger partial charge in [-0.2, -0.15) is 0 Å². The van der Waals surface area contributed by atoms with Crippen LogP contribution < -0.4 is 61.5 Å². The molecule has 124 heavy (non-hydrogen) atoms. The van der Waals surface area contributed by atoms with Crippen LogP contribution in [0.2, 0.25) is 0 Å². The first-order valence-corrected chi connectivity index (χ1v) is 47.1. The number of pyridine rings is 2. The van der Waals surface area contributed by atoms with Gasteiger partial charge in [-0.1, -0.05) is 68.2 Å². The summed E-state index contributed by atoms with van der Waals surface area (Å²) in [6.45, 7) is 29.1. The van der Waals surface area contributed by atoms with Gasteiger partial charge in [-0.05, 0) is 176 Å². The minimum Gasteiger partial charge on any atom is -0.497 e. The van der Waals surface area contributed by atoms with E-state index in [1.807, 2.05) is 133 Å². The van der Waals surface area contributed by atoms with Crippen LogP contribution >= 0.6 is 18.7 Å². The fraction of sp³-hybridized carbons (Fsp3) is 0.584. The molecule has 3 aromatic carbocycles. The summed E-state index contributed by atoms with van der Waals surface area (Å²) >= 11 is -6.03. The normalized spacial score (nSPS) is 20.3. The number of fused-ring (bicyclic) bond motifs is 3. The molecule has 3 aliphatic heterocycles. The standard InChI is InChI=1S/C38H56N6O7.C38H54N6O7.C13H13IO8.H2/c2*1-9-10-27(30(45)33(47)39-23-13-14-23)40-32(46)29-19-25(20-44(29)35(48)31(37(2,3)4)42-36(49)43-38(5,6)7)51-34-26-16-15-24(50-8)17-22(26)18-28(41-34)21-11-12-21;1-8(15)19-14(20-9(2)16,21-10(3)17)12-7-5-4-6-11(12)13(18)22-14;/h15-18,21,23,25,27,29-31,45H,9-14,19-20H2,1-8H3,(H,39,47)(H,40,46)(H2,42,43,49);15-18,21,23,25,27,29,31H,9-14,19-20H2,1-8H3,(H,39,47)(H,40,46)(H2,42,43,49);4-7H,1-3H3;1H/t25-,27+,29+,30?,31-;25-,27+,29+,31-;;/m11../s1/i;;;1+1. The molecular weight excluding hydrogens is 1720 g/mol. The number of aliphatic hydroxyl groups excluding tert-OH is 1. The molecule has 10 amide bonds. The quantitative estimate of drug-likeness (QED) is 0.0159. The second-order valence-corrected chi connectivity index (χ2v) is 43.9. The Morgan fingerprint density at radius 2 is 0.968 bits per heavy atom. The fourth-order valence-corrected chi connectivity index (χ4v) is 22.5. The van der Waals surface area contributed by atoms with Gasteiger partial charge in [0.05, 0.1) is 39.4 Å². The van der Waals surface area contributed by atoms with E-state index < -0.39 is 172 Å². The average molecular weight is 1840 g/mol. The molecule has 2 aromatic heterocycles. The van der Waals surface area contributed by atoms with E-state index in [9.17, 15) is 67.4 Å². The van der Waals surface area contributed by atoms with E-state index in [4.69, 9.17) is 41.2 Å². The third-order valence-corrected chi connectivity index (χ3v) is 29.4. The maximum Gasteiger partial charge on any atom is 0.315 e. The summed E-state index contributed by atoms with van der Waals surface area (Å²) in [4.78, 5) is 182. The second-order valence-electron chi connectivity index (χ2n) is 37.0. The summed E-state index contributed by atoms with van der Waals surface area (Å²) < 4.78 is 44.6. The van der Waals surface area contributed by atoms with Gasteiger partial charge in [0, 0.05) is 71.4 Å². The van der Waals surface area contributed by atoms with Crippen molar-refractivity contribution in [3.63, 3.8) is 0 Å². The Kier molecular flexibility index (Phi) is 29.9. The molecule has 6 fully saturated rings. The predicted molar refractivity (Wildman–Crippen MR) is 468 cm³/mol. The largest absolute Gasteiger partial charge is 0.497 e. The Morgan fingerprint density at radius 1 is 0.548 bits per heavy atom. The van der Waals surface area contributed by atoms with Crippen LogP contribution in [-0.2, 0) is 60.2 Å². The number of benzene rings is 3. The van der Waals surface area contributed by atoms with Crippen molar-refractivity contribution in [3.05, 3.63) is 93.3 Å². The van der Waals surface area contributed by atoms with Crippen molar-refractivity contribution >= 4 is 117 Å². The number of hydrogen-bond donors (Lipinski definition) is 9. The van der Waals surface area contributed by atoms with E-state index in [0.29, 0.717) is 54.4 Å². The van der Waals surface area contributed by atoms with Crippen LogP contribution in [0.4, 0.5) is 9.59 Å². The number of nitrogens with zero attached hydrogens (tertiary/aromatic N) is 4. The van der Waals surface area contributed by atoms with E-state index in [1.54, 1.807) is 20.3 Å². The van der Waals surface area contributed by atoms with Crippen molar-refractivity contribution < 1.29 is 100 Å². The molecular formula is C89H125IN12O22. The third-order valence-electron chi connectivity index (χ3n) is 21.2. The molecule has 1 unspecified atom stereocenters. The SMILES string of the molecule is CC(=O)OI1(OC(C)=O)(OC(C)=O)OC(=O)c2ccccc21.CCC[C@H](NC(=O)[C@@H]1C[C@@H](Oc2nc(C3CC3)cc3cc(OC)ccc23)CN1C(=O)[C@@H](NC(=O)NC(C)(C)C)C(C)(C)C)C(=O)C(=O)NC1CC1.CCC[C@H](NC(=O)[C@@H]1C[C@@H](Oc2nc(C3CC3)cc3cc(OC)ccc23)CN1C(=O)[C@@H](NC(=O)NC(C)(C)C)C(C)(C)C)C(O)C(=O)NC1CC1.[2HH]. The van der Waals surface area contributed by atoms with Crippen molar-refractivity contribution in [2.45, 2.75) is 297 Å². The van der Waals surface area contributed by atoms with Gasteiger partial charge in [-0.15, -0.1) is 0 Å². The molecule has 2 saturated heterocycles. The van der Waals surface area contributed by atoms with E-state index >= 15 is 0 Å².